The van der Waals surface area contributed by atoms with Crippen molar-refractivity contribution in [2.24, 2.45) is 5.92 Å². The van der Waals surface area contributed by atoms with Gasteiger partial charge in [0.1, 0.15) is 12.0 Å². The highest BCUT2D eigenvalue weighted by atomic mass is 35.5. The molecule has 1 heterocycles. The zero-order chi connectivity index (χ0) is 18.7. The Morgan fingerprint density at radius 1 is 1.38 bits per heavy atom. The van der Waals surface area contributed by atoms with Gasteiger partial charge in [0.2, 0.25) is 0 Å². The van der Waals surface area contributed by atoms with E-state index >= 15 is 0 Å². The van der Waals surface area contributed by atoms with E-state index in [0.29, 0.717) is 16.5 Å². The molecule has 2 aromatic rings. The van der Waals surface area contributed by atoms with Gasteiger partial charge < -0.3 is 15.3 Å². The molecule has 26 heavy (non-hydrogen) atoms. The Labute approximate surface area is 156 Å². The third-order valence-corrected chi connectivity index (χ3v) is 5.06. The lowest BCUT2D eigenvalue weighted by Gasteiger charge is -2.21. The smallest absolute Gasteiger partial charge is 0.346 e. The maximum atomic E-state index is 12.6. The second-order valence-electron chi connectivity index (χ2n) is 6.45. The van der Waals surface area contributed by atoms with E-state index < -0.39 is 17.8 Å². The molecule has 1 fully saturated rings. The maximum absolute atomic E-state index is 12.6. The van der Waals surface area contributed by atoms with Crippen LogP contribution in [0.15, 0.2) is 35.3 Å². The second kappa shape index (κ2) is 7.88. The van der Waals surface area contributed by atoms with Gasteiger partial charge in [-0.25, -0.2) is 9.78 Å². The Kier molecular flexibility index (Phi) is 5.58. The molecule has 3 rings (SSSR count). The fourth-order valence-electron chi connectivity index (χ4n) is 3.19. The summed E-state index contributed by atoms with van der Waals surface area (Å²) in [6, 6.07) is 6.63. The van der Waals surface area contributed by atoms with Gasteiger partial charge in [-0.3, -0.25) is 9.78 Å². The van der Waals surface area contributed by atoms with Gasteiger partial charge in [0.15, 0.2) is 0 Å². The van der Waals surface area contributed by atoms with Gasteiger partial charge >= 0.3 is 5.69 Å². The number of hydrogen-bond donors (Lipinski definition) is 3. The molecule has 0 saturated heterocycles. The van der Waals surface area contributed by atoms with Crippen molar-refractivity contribution in [3.8, 4) is 0 Å². The molecule has 0 bridgehead atoms. The Hall–Kier alpha value is -2.38. The molecule has 0 radical (unpaired) electrons. The van der Waals surface area contributed by atoms with E-state index in [4.69, 9.17) is 11.6 Å². The quantitative estimate of drug-likeness (QED) is 0.696. The largest absolute Gasteiger partial charge is 0.373 e. The van der Waals surface area contributed by atoms with Crippen molar-refractivity contribution in [1.82, 2.24) is 15.3 Å². The Morgan fingerprint density at radius 2 is 2.12 bits per heavy atom. The van der Waals surface area contributed by atoms with Gasteiger partial charge in [0, 0.05) is 24.8 Å². The minimum Gasteiger partial charge on any atom is -0.373 e. The first-order valence-electron chi connectivity index (χ1n) is 8.53. The van der Waals surface area contributed by atoms with Crippen LogP contribution in [0.25, 0.3) is 0 Å². The van der Waals surface area contributed by atoms with Crippen LogP contribution in [0.3, 0.4) is 0 Å². The number of benzene rings is 1. The number of amides is 1. The summed E-state index contributed by atoms with van der Waals surface area (Å²) in [5, 5.41) is 13.2. The van der Waals surface area contributed by atoms with Crippen molar-refractivity contribution in [1.29, 1.82) is 0 Å². The SMILES string of the molecule is CN(c1ccc(Cl)c(C(=O)NC(O)C2CCCC2)c1)c1ccnc(=O)[nH]1. The number of nitrogens with zero attached hydrogens (tertiary/aromatic N) is 2. The highest BCUT2D eigenvalue weighted by molar-refractivity contribution is 6.34. The lowest BCUT2D eigenvalue weighted by atomic mass is 10.1. The number of nitrogens with one attached hydrogen (secondary N) is 2. The number of aliphatic hydroxyl groups excluding tert-OH is 1. The van der Waals surface area contributed by atoms with E-state index in [1.165, 1.54) is 6.20 Å². The summed E-state index contributed by atoms with van der Waals surface area (Å²) in [4.78, 5) is 31.9. The fourth-order valence-corrected chi connectivity index (χ4v) is 3.40. The molecule has 1 aromatic heterocycles. The van der Waals surface area contributed by atoms with Crippen molar-refractivity contribution >= 4 is 29.0 Å². The van der Waals surface area contributed by atoms with Gasteiger partial charge in [-0.15, -0.1) is 0 Å². The molecule has 0 aliphatic heterocycles. The van der Waals surface area contributed by atoms with E-state index in [0.717, 1.165) is 25.7 Å². The molecule has 7 nitrogen and oxygen atoms in total. The molecule has 138 valence electrons. The summed E-state index contributed by atoms with van der Waals surface area (Å²) in [6.07, 6.45) is 4.50. The molecule has 3 N–H and O–H groups in total. The number of anilines is 2. The number of aromatic amines is 1. The highest BCUT2D eigenvalue weighted by Gasteiger charge is 2.25. The van der Waals surface area contributed by atoms with Crippen molar-refractivity contribution in [2.75, 3.05) is 11.9 Å². The molecule has 1 unspecified atom stereocenters. The van der Waals surface area contributed by atoms with Gasteiger partial charge in [-0.1, -0.05) is 24.4 Å². The average Bonchev–Trinajstić information content (AvgIpc) is 3.16. The van der Waals surface area contributed by atoms with Crippen LogP contribution in [0.2, 0.25) is 5.02 Å². The summed E-state index contributed by atoms with van der Waals surface area (Å²) in [6.45, 7) is 0. The fraction of sp³-hybridized carbons (Fsp3) is 0.389. The Morgan fingerprint density at radius 3 is 2.81 bits per heavy atom. The van der Waals surface area contributed by atoms with Crippen LogP contribution in [-0.2, 0) is 0 Å². The molecule has 1 saturated carbocycles. The molecular weight excluding hydrogens is 356 g/mol. The van der Waals surface area contributed by atoms with Crippen molar-refractivity contribution in [3.63, 3.8) is 0 Å². The van der Waals surface area contributed by atoms with Crippen molar-refractivity contribution in [2.45, 2.75) is 31.9 Å². The van der Waals surface area contributed by atoms with E-state index in [1.54, 1.807) is 36.2 Å². The first-order chi connectivity index (χ1) is 12.5. The van der Waals surface area contributed by atoms with Crippen LogP contribution in [0.1, 0.15) is 36.0 Å². The Bertz CT molecular complexity index is 848. The molecule has 8 heteroatoms. The predicted octanol–water partition coefficient (Wildman–Crippen LogP) is 2.43. The minimum absolute atomic E-state index is 0.0884. The van der Waals surface area contributed by atoms with Gasteiger partial charge in [0.05, 0.1) is 10.6 Å². The van der Waals surface area contributed by atoms with Crippen LogP contribution in [0.5, 0.6) is 0 Å². The van der Waals surface area contributed by atoms with E-state index in [2.05, 4.69) is 15.3 Å². The monoisotopic (exact) mass is 376 g/mol. The van der Waals surface area contributed by atoms with E-state index in [1.807, 2.05) is 0 Å². The standard InChI is InChI=1S/C18H21ClN4O3/c1-23(15-8-9-20-18(26)21-15)12-6-7-14(19)13(10-12)17(25)22-16(24)11-4-2-3-5-11/h6-11,16,24H,2-5H2,1H3,(H,22,25)(H,20,21,26). The second-order valence-corrected chi connectivity index (χ2v) is 6.85. The van der Waals surface area contributed by atoms with Crippen molar-refractivity contribution < 1.29 is 9.90 Å². The summed E-state index contributed by atoms with van der Waals surface area (Å²) < 4.78 is 0. The number of aliphatic hydroxyl groups is 1. The number of rotatable bonds is 5. The summed E-state index contributed by atoms with van der Waals surface area (Å²) in [5.41, 5.74) is 0.474. The summed E-state index contributed by atoms with van der Waals surface area (Å²) in [7, 11) is 1.75. The third kappa shape index (κ3) is 4.05. The third-order valence-electron chi connectivity index (χ3n) is 4.73. The lowest BCUT2D eigenvalue weighted by molar-refractivity contribution is 0.0588. The highest BCUT2D eigenvalue weighted by Crippen LogP contribution is 2.28. The number of H-pyrrole nitrogens is 1. The van der Waals surface area contributed by atoms with Gasteiger partial charge in [-0.2, -0.15) is 0 Å². The molecule has 0 spiro atoms. The van der Waals surface area contributed by atoms with Crippen LogP contribution < -0.4 is 15.9 Å². The average molecular weight is 377 g/mol. The minimum atomic E-state index is -0.876. The summed E-state index contributed by atoms with van der Waals surface area (Å²) >= 11 is 6.18. The number of carbonyl (C=O) groups is 1. The molecule has 1 amide bonds. The predicted molar refractivity (Wildman–Crippen MR) is 99.8 cm³/mol. The van der Waals surface area contributed by atoms with Crippen molar-refractivity contribution in [3.05, 3.63) is 51.5 Å². The number of halogens is 1. The number of hydrogen-bond acceptors (Lipinski definition) is 5. The van der Waals surface area contributed by atoms with Gasteiger partial charge in [-0.05, 0) is 37.1 Å². The molecular formula is C18H21ClN4O3. The molecule has 1 aliphatic rings. The lowest BCUT2D eigenvalue weighted by Crippen LogP contribution is -2.39. The summed E-state index contributed by atoms with van der Waals surface area (Å²) in [5.74, 6) is 0.197. The van der Waals surface area contributed by atoms with E-state index in [-0.39, 0.29) is 11.5 Å². The molecule has 1 aromatic carbocycles. The molecule has 1 aliphatic carbocycles. The zero-order valence-corrected chi connectivity index (χ0v) is 15.2. The van der Waals surface area contributed by atoms with Crippen LogP contribution >= 0.6 is 11.6 Å². The van der Waals surface area contributed by atoms with E-state index in [9.17, 15) is 14.7 Å². The molecule has 1 atom stereocenters. The number of carbonyl (C=O) groups excluding carboxylic acids is 1. The topological polar surface area (TPSA) is 98.3 Å². The maximum Gasteiger partial charge on any atom is 0.346 e. The first kappa shape index (κ1) is 18.4. The Balaban J connectivity index is 1.80. The van der Waals surface area contributed by atoms with Crippen LogP contribution in [0, 0.1) is 5.92 Å². The van der Waals surface area contributed by atoms with Gasteiger partial charge in [0.25, 0.3) is 5.91 Å². The normalized spacial score (nSPS) is 15.7. The number of aromatic nitrogens is 2. The van der Waals surface area contributed by atoms with Crippen LogP contribution in [-0.4, -0.2) is 34.3 Å². The zero-order valence-electron chi connectivity index (χ0n) is 14.4. The first-order valence-corrected chi connectivity index (χ1v) is 8.91. The van der Waals surface area contributed by atoms with Crippen LogP contribution in [0.4, 0.5) is 11.5 Å².